The average Bonchev–Trinajstić information content (AvgIpc) is 3.40. The molecule has 0 spiro atoms. The molecule has 7 heteroatoms. The zero-order valence-corrected chi connectivity index (χ0v) is 19.5. The number of nitrogens with one attached hydrogen (secondary N) is 2. The normalized spacial score (nSPS) is 14.7. The van der Waals surface area contributed by atoms with Crippen LogP contribution in [0.1, 0.15) is 34.8 Å². The number of aromatic nitrogens is 2. The topological polar surface area (TPSA) is 70.2 Å². The van der Waals surface area contributed by atoms with Crippen LogP contribution in [0.2, 0.25) is 5.02 Å². The first-order valence-electron chi connectivity index (χ1n) is 11.5. The Kier molecular flexibility index (Phi) is 6.70. The van der Waals surface area contributed by atoms with Crippen molar-refractivity contribution in [1.82, 2.24) is 20.2 Å². The van der Waals surface area contributed by atoms with Crippen LogP contribution in [0.15, 0.2) is 79.3 Å². The molecule has 1 aliphatic rings. The molecule has 2 aromatic carbocycles. The van der Waals surface area contributed by atoms with E-state index in [2.05, 4.69) is 31.6 Å². The molecule has 172 valence electrons. The molecule has 0 bridgehead atoms. The number of rotatable bonds is 7. The van der Waals surface area contributed by atoms with E-state index in [9.17, 15) is 4.79 Å². The van der Waals surface area contributed by atoms with Gasteiger partial charge in [0, 0.05) is 46.8 Å². The SMILES string of the molecule is O=C(NCC(c1cccnc1)N1CCCC1)c1ccc(Nc2nccc3ccc(Cl)cc23)cc1. The summed E-state index contributed by atoms with van der Waals surface area (Å²) in [6, 6.07) is 19.3. The Labute approximate surface area is 204 Å². The fourth-order valence-corrected chi connectivity index (χ4v) is 4.63. The first-order chi connectivity index (χ1) is 16.7. The van der Waals surface area contributed by atoms with Crippen molar-refractivity contribution < 1.29 is 4.79 Å². The van der Waals surface area contributed by atoms with E-state index < -0.39 is 0 Å². The molecule has 1 aliphatic heterocycles. The van der Waals surface area contributed by atoms with Crippen molar-refractivity contribution in [3.8, 4) is 0 Å². The van der Waals surface area contributed by atoms with Crippen LogP contribution < -0.4 is 10.6 Å². The van der Waals surface area contributed by atoms with E-state index in [0.29, 0.717) is 17.1 Å². The molecular weight excluding hydrogens is 446 g/mol. The second-order valence-electron chi connectivity index (χ2n) is 8.48. The molecule has 5 rings (SSSR count). The third-order valence-electron chi connectivity index (χ3n) is 6.24. The first-order valence-corrected chi connectivity index (χ1v) is 11.9. The predicted molar refractivity (Wildman–Crippen MR) is 137 cm³/mol. The minimum absolute atomic E-state index is 0.0882. The van der Waals surface area contributed by atoms with E-state index in [0.717, 1.165) is 40.9 Å². The number of pyridine rings is 2. The quantitative estimate of drug-likeness (QED) is 0.367. The third-order valence-corrected chi connectivity index (χ3v) is 6.48. The van der Waals surface area contributed by atoms with Gasteiger partial charge in [-0.05, 0) is 85.4 Å². The van der Waals surface area contributed by atoms with E-state index >= 15 is 0 Å². The minimum atomic E-state index is -0.0882. The molecule has 1 saturated heterocycles. The monoisotopic (exact) mass is 471 g/mol. The van der Waals surface area contributed by atoms with Crippen molar-refractivity contribution in [2.24, 2.45) is 0 Å². The maximum atomic E-state index is 12.9. The largest absolute Gasteiger partial charge is 0.350 e. The molecule has 1 atom stereocenters. The van der Waals surface area contributed by atoms with Gasteiger partial charge in [-0.25, -0.2) is 4.98 Å². The van der Waals surface area contributed by atoms with Gasteiger partial charge in [-0.2, -0.15) is 0 Å². The number of amides is 1. The molecule has 0 aliphatic carbocycles. The molecule has 4 aromatic rings. The first kappa shape index (κ1) is 22.3. The summed E-state index contributed by atoms with van der Waals surface area (Å²) in [5, 5.41) is 9.11. The molecule has 2 aromatic heterocycles. The number of anilines is 2. The van der Waals surface area contributed by atoms with Crippen molar-refractivity contribution in [2.75, 3.05) is 25.0 Å². The van der Waals surface area contributed by atoms with Crippen LogP contribution in [0.25, 0.3) is 10.8 Å². The summed E-state index contributed by atoms with van der Waals surface area (Å²) in [5.74, 6) is 0.636. The molecule has 6 nitrogen and oxygen atoms in total. The van der Waals surface area contributed by atoms with E-state index in [-0.39, 0.29) is 11.9 Å². The van der Waals surface area contributed by atoms with Crippen molar-refractivity contribution in [3.05, 3.63) is 95.4 Å². The lowest BCUT2D eigenvalue weighted by Gasteiger charge is -2.28. The summed E-state index contributed by atoms with van der Waals surface area (Å²) in [4.78, 5) is 24.0. The summed E-state index contributed by atoms with van der Waals surface area (Å²) in [6.07, 6.45) is 7.82. The number of carbonyl (C=O) groups is 1. The van der Waals surface area contributed by atoms with Gasteiger partial charge in [-0.15, -0.1) is 0 Å². The van der Waals surface area contributed by atoms with Gasteiger partial charge in [0.25, 0.3) is 5.91 Å². The van der Waals surface area contributed by atoms with Gasteiger partial charge in [-0.1, -0.05) is 23.7 Å². The van der Waals surface area contributed by atoms with Gasteiger partial charge in [0.05, 0.1) is 6.04 Å². The number of hydrogen-bond donors (Lipinski definition) is 2. The maximum absolute atomic E-state index is 12.9. The highest BCUT2D eigenvalue weighted by molar-refractivity contribution is 6.31. The maximum Gasteiger partial charge on any atom is 0.251 e. The van der Waals surface area contributed by atoms with Crippen LogP contribution in [-0.2, 0) is 0 Å². The van der Waals surface area contributed by atoms with Gasteiger partial charge in [0.1, 0.15) is 5.82 Å². The van der Waals surface area contributed by atoms with Crippen LogP contribution >= 0.6 is 11.6 Å². The fraction of sp³-hybridized carbons (Fsp3) is 0.222. The fourth-order valence-electron chi connectivity index (χ4n) is 4.46. The van der Waals surface area contributed by atoms with Gasteiger partial charge in [0.15, 0.2) is 0 Å². The standard InChI is InChI=1S/C27H26ClN5O/c28-22-8-5-19-11-13-30-26(24(19)16-22)32-23-9-6-20(7-10-23)27(34)31-18-25(33-14-1-2-15-33)21-4-3-12-29-17-21/h3-13,16-17,25H,1-2,14-15,18H2,(H,30,32)(H,31,34). The van der Waals surface area contributed by atoms with E-state index in [1.807, 2.05) is 60.8 Å². The molecule has 3 heterocycles. The Morgan fingerprint density at radius 2 is 1.85 bits per heavy atom. The van der Waals surface area contributed by atoms with Crippen LogP contribution in [-0.4, -0.2) is 40.4 Å². The van der Waals surface area contributed by atoms with Crippen molar-refractivity contribution >= 4 is 39.8 Å². The molecular formula is C27H26ClN5O. The molecule has 2 N–H and O–H groups in total. The Morgan fingerprint density at radius 1 is 1.03 bits per heavy atom. The molecule has 1 unspecified atom stereocenters. The Morgan fingerprint density at radius 3 is 2.62 bits per heavy atom. The Hall–Kier alpha value is -3.48. The van der Waals surface area contributed by atoms with Crippen LogP contribution in [0, 0.1) is 0 Å². The summed E-state index contributed by atoms with van der Waals surface area (Å²) >= 11 is 6.18. The number of hydrogen-bond acceptors (Lipinski definition) is 5. The lowest BCUT2D eigenvalue weighted by atomic mass is 10.1. The summed E-state index contributed by atoms with van der Waals surface area (Å²) in [7, 11) is 0. The highest BCUT2D eigenvalue weighted by Crippen LogP contribution is 2.27. The molecule has 0 saturated carbocycles. The summed E-state index contributed by atoms with van der Waals surface area (Å²) in [5.41, 5.74) is 2.60. The number of halogens is 1. The number of nitrogens with zero attached hydrogens (tertiary/aromatic N) is 3. The lowest BCUT2D eigenvalue weighted by Crippen LogP contribution is -2.36. The van der Waals surface area contributed by atoms with Crippen LogP contribution in [0.4, 0.5) is 11.5 Å². The van der Waals surface area contributed by atoms with Gasteiger partial charge in [0.2, 0.25) is 0 Å². The number of likely N-dealkylation sites (tertiary alicyclic amines) is 1. The van der Waals surface area contributed by atoms with E-state index in [1.165, 1.54) is 12.8 Å². The lowest BCUT2D eigenvalue weighted by molar-refractivity contribution is 0.0938. The van der Waals surface area contributed by atoms with Crippen molar-refractivity contribution in [3.63, 3.8) is 0 Å². The Balaban J connectivity index is 1.26. The molecule has 1 amide bonds. The molecule has 34 heavy (non-hydrogen) atoms. The van der Waals surface area contributed by atoms with Crippen molar-refractivity contribution in [2.45, 2.75) is 18.9 Å². The average molecular weight is 472 g/mol. The number of carbonyl (C=O) groups excluding carboxylic acids is 1. The zero-order chi connectivity index (χ0) is 23.3. The van der Waals surface area contributed by atoms with Crippen molar-refractivity contribution in [1.29, 1.82) is 0 Å². The van der Waals surface area contributed by atoms with Crippen LogP contribution in [0.3, 0.4) is 0 Å². The highest BCUT2D eigenvalue weighted by atomic mass is 35.5. The second kappa shape index (κ2) is 10.2. The molecule has 1 fully saturated rings. The van der Waals surface area contributed by atoms with Crippen LogP contribution in [0.5, 0.6) is 0 Å². The number of benzene rings is 2. The van der Waals surface area contributed by atoms with Gasteiger partial charge in [-0.3, -0.25) is 14.7 Å². The summed E-state index contributed by atoms with van der Waals surface area (Å²) in [6.45, 7) is 2.64. The summed E-state index contributed by atoms with van der Waals surface area (Å²) < 4.78 is 0. The smallest absolute Gasteiger partial charge is 0.251 e. The second-order valence-corrected chi connectivity index (χ2v) is 8.92. The third kappa shape index (κ3) is 5.03. The van der Waals surface area contributed by atoms with Gasteiger partial charge < -0.3 is 10.6 Å². The van der Waals surface area contributed by atoms with Gasteiger partial charge >= 0.3 is 0 Å². The Bertz CT molecular complexity index is 1270. The zero-order valence-electron chi connectivity index (χ0n) is 18.7. The molecule has 0 radical (unpaired) electrons. The van der Waals surface area contributed by atoms with E-state index in [4.69, 9.17) is 11.6 Å². The minimum Gasteiger partial charge on any atom is -0.350 e. The number of fused-ring (bicyclic) bond motifs is 1. The van der Waals surface area contributed by atoms with E-state index in [1.54, 1.807) is 12.4 Å². The highest BCUT2D eigenvalue weighted by Gasteiger charge is 2.24. The predicted octanol–water partition coefficient (Wildman–Crippen LogP) is 5.59.